The molecule has 3 aromatic rings. The van der Waals surface area contributed by atoms with Crippen molar-refractivity contribution in [3.05, 3.63) is 91.0 Å². The Morgan fingerprint density at radius 1 is 0.576 bits per heavy atom. The van der Waals surface area contributed by atoms with E-state index in [1.807, 2.05) is 91.0 Å². The lowest BCUT2D eigenvalue weighted by molar-refractivity contribution is -0.308. The van der Waals surface area contributed by atoms with E-state index in [-0.39, 0.29) is 0 Å². The molecule has 1 unspecified atom stereocenters. The summed E-state index contributed by atoms with van der Waals surface area (Å²) in [5.74, 6) is 0.445. The Kier molecular flexibility index (Phi) is 10.1. The molecular weight excluding hydrogens is 412 g/mol. The Balaban J connectivity index is 1.90. The molecule has 0 saturated carbocycles. The summed E-state index contributed by atoms with van der Waals surface area (Å²) in [6.45, 7) is 2.23. The molecule has 0 fully saturated rings. The van der Waals surface area contributed by atoms with E-state index in [1.165, 1.54) is 25.7 Å². The van der Waals surface area contributed by atoms with E-state index in [9.17, 15) is 0 Å². The van der Waals surface area contributed by atoms with Gasteiger partial charge in [0.2, 0.25) is 0 Å². The van der Waals surface area contributed by atoms with Crippen molar-refractivity contribution in [1.82, 2.24) is 0 Å². The molecule has 3 aromatic carbocycles. The van der Waals surface area contributed by atoms with Crippen LogP contribution in [0.15, 0.2) is 91.0 Å². The molecule has 176 valence electrons. The van der Waals surface area contributed by atoms with E-state index in [1.54, 1.807) is 7.11 Å². The second-order valence-corrected chi connectivity index (χ2v) is 8.13. The first-order chi connectivity index (χ1) is 16.3. The van der Waals surface area contributed by atoms with Crippen LogP contribution in [0.25, 0.3) is 0 Å². The minimum absolute atomic E-state index is 0.454. The van der Waals surface area contributed by atoms with Crippen molar-refractivity contribution in [2.75, 3.05) is 7.11 Å². The summed E-state index contributed by atoms with van der Waals surface area (Å²) in [6.07, 6.45) is 7.43. The average molecular weight is 449 g/mol. The molecule has 4 nitrogen and oxygen atoms in total. The molecule has 0 radical (unpaired) electrons. The first-order valence-electron chi connectivity index (χ1n) is 12.0. The summed E-state index contributed by atoms with van der Waals surface area (Å²) in [4.78, 5) is 0. The topological polar surface area (TPSA) is 36.9 Å². The molecule has 0 aliphatic rings. The average Bonchev–Trinajstić information content (AvgIpc) is 2.85. The third-order valence-electron chi connectivity index (χ3n) is 5.51. The predicted molar refractivity (Wildman–Crippen MR) is 133 cm³/mol. The number of rotatable bonds is 15. The van der Waals surface area contributed by atoms with Crippen molar-refractivity contribution >= 4 is 0 Å². The lowest BCUT2D eigenvalue weighted by atomic mass is 10.1. The molecule has 0 aliphatic heterocycles. The molecule has 0 amide bonds. The molecule has 4 heteroatoms. The molecule has 0 N–H and O–H groups in total. The van der Waals surface area contributed by atoms with E-state index in [2.05, 4.69) is 6.92 Å². The van der Waals surface area contributed by atoms with Crippen LogP contribution in [-0.4, -0.2) is 19.2 Å². The van der Waals surface area contributed by atoms with Crippen LogP contribution in [0.2, 0.25) is 0 Å². The zero-order valence-electron chi connectivity index (χ0n) is 19.8. The predicted octanol–water partition coefficient (Wildman–Crippen LogP) is 7.64. The quantitative estimate of drug-likeness (QED) is 0.177. The lowest BCUT2D eigenvalue weighted by Gasteiger charge is -2.38. The molecule has 0 spiro atoms. The number of para-hydroxylation sites is 3. The SMILES string of the molecule is CCCCCCCCC(OC)C(Oc1ccccc1)(Oc1ccccc1)Oc1ccccc1. The molecule has 1 atom stereocenters. The van der Waals surface area contributed by atoms with Crippen LogP contribution >= 0.6 is 0 Å². The summed E-state index contributed by atoms with van der Waals surface area (Å²) in [5, 5.41) is 0. The Morgan fingerprint density at radius 2 is 0.970 bits per heavy atom. The van der Waals surface area contributed by atoms with Crippen LogP contribution in [-0.2, 0) is 4.74 Å². The summed E-state index contributed by atoms with van der Waals surface area (Å²) in [6, 6.07) is 28.8. The van der Waals surface area contributed by atoms with Gasteiger partial charge in [0.25, 0.3) is 0 Å². The zero-order valence-corrected chi connectivity index (χ0v) is 19.8. The van der Waals surface area contributed by atoms with Gasteiger partial charge in [-0.2, -0.15) is 0 Å². The zero-order chi connectivity index (χ0) is 23.2. The molecule has 0 aliphatic carbocycles. The smallest absolute Gasteiger partial charge is 0.419 e. The molecule has 0 heterocycles. The summed E-state index contributed by atoms with van der Waals surface area (Å²) in [7, 11) is 1.69. The fraction of sp³-hybridized carbons (Fsp3) is 0.379. The van der Waals surface area contributed by atoms with E-state index in [0.717, 1.165) is 19.3 Å². The Hall–Kier alpha value is -2.98. The maximum absolute atomic E-state index is 6.49. The maximum Gasteiger partial charge on any atom is 0.445 e. The number of methoxy groups -OCH3 is 1. The standard InChI is InChI=1S/C29H36O4/c1-3-4-5-6-7-17-24-28(30-2)29(31-25-18-11-8-12-19-25,32-26-20-13-9-14-21-26)33-27-22-15-10-16-23-27/h8-16,18-23,28H,3-7,17,24H2,1-2H3. The van der Waals surface area contributed by atoms with Gasteiger partial charge < -0.3 is 18.9 Å². The van der Waals surface area contributed by atoms with Gasteiger partial charge in [-0.3, -0.25) is 0 Å². The third kappa shape index (κ3) is 7.83. The second-order valence-electron chi connectivity index (χ2n) is 8.13. The fourth-order valence-corrected chi connectivity index (χ4v) is 3.77. The van der Waals surface area contributed by atoms with Gasteiger partial charge in [-0.15, -0.1) is 0 Å². The van der Waals surface area contributed by atoms with Gasteiger partial charge in [-0.05, 0) is 42.8 Å². The Labute approximate surface area is 198 Å². The second kappa shape index (κ2) is 13.5. The van der Waals surface area contributed by atoms with Crippen LogP contribution in [0.1, 0.15) is 51.9 Å². The number of unbranched alkanes of at least 4 members (excludes halogenated alkanes) is 5. The first kappa shape index (κ1) is 24.7. The number of hydrogen-bond donors (Lipinski definition) is 0. The minimum atomic E-state index is -1.50. The highest BCUT2D eigenvalue weighted by Gasteiger charge is 2.48. The maximum atomic E-state index is 6.49. The number of hydrogen-bond acceptors (Lipinski definition) is 4. The molecule has 0 aromatic heterocycles. The summed E-state index contributed by atoms with van der Waals surface area (Å²) >= 11 is 0. The molecule has 33 heavy (non-hydrogen) atoms. The number of ether oxygens (including phenoxy) is 4. The van der Waals surface area contributed by atoms with Crippen LogP contribution in [0.5, 0.6) is 17.2 Å². The van der Waals surface area contributed by atoms with E-state index in [0.29, 0.717) is 17.2 Å². The summed E-state index contributed by atoms with van der Waals surface area (Å²) in [5.41, 5.74) is 0. The molecule has 0 bridgehead atoms. The van der Waals surface area contributed by atoms with Gasteiger partial charge >= 0.3 is 5.97 Å². The highest BCUT2D eigenvalue weighted by molar-refractivity contribution is 5.26. The normalized spacial score (nSPS) is 12.2. The highest BCUT2D eigenvalue weighted by Crippen LogP contribution is 2.32. The van der Waals surface area contributed by atoms with Crippen LogP contribution in [0.3, 0.4) is 0 Å². The van der Waals surface area contributed by atoms with Crippen molar-refractivity contribution in [1.29, 1.82) is 0 Å². The van der Waals surface area contributed by atoms with Gasteiger partial charge in [0.15, 0.2) is 6.10 Å². The van der Waals surface area contributed by atoms with Gasteiger partial charge in [0.05, 0.1) is 0 Å². The molecule has 3 rings (SSSR count). The van der Waals surface area contributed by atoms with Gasteiger partial charge in [-0.25, -0.2) is 0 Å². The number of benzene rings is 3. The van der Waals surface area contributed by atoms with Gasteiger partial charge in [0.1, 0.15) is 17.2 Å². The van der Waals surface area contributed by atoms with E-state index < -0.39 is 12.1 Å². The largest absolute Gasteiger partial charge is 0.445 e. The third-order valence-corrected chi connectivity index (χ3v) is 5.51. The van der Waals surface area contributed by atoms with Crippen molar-refractivity contribution in [2.45, 2.75) is 63.9 Å². The Morgan fingerprint density at radius 3 is 1.36 bits per heavy atom. The fourth-order valence-electron chi connectivity index (χ4n) is 3.77. The molecular formula is C29H36O4. The van der Waals surface area contributed by atoms with Crippen molar-refractivity contribution in [3.8, 4) is 17.2 Å². The minimum Gasteiger partial charge on any atom is -0.419 e. The van der Waals surface area contributed by atoms with Crippen LogP contribution in [0, 0.1) is 0 Å². The van der Waals surface area contributed by atoms with E-state index in [4.69, 9.17) is 18.9 Å². The lowest BCUT2D eigenvalue weighted by Crippen LogP contribution is -2.58. The summed E-state index contributed by atoms with van der Waals surface area (Å²) < 4.78 is 25.5. The molecule has 0 saturated heterocycles. The highest BCUT2D eigenvalue weighted by atomic mass is 16.9. The van der Waals surface area contributed by atoms with E-state index >= 15 is 0 Å². The monoisotopic (exact) mass is 448 g/mol. The van der Waals surface area contributed by atoms with Gasteiger partial charge in [0, 0.05) is 7.11 Å². The van der Waals surface area contributed by atoms with Crippen LogP contribution < -0.4 is 14.2 Å². The Bertz CT molecular complexity index is 782. The van der Waals surface area contributed by atoms with Crippen LogP contribution in [0.4, 0.5) is 0 Å². The van der Waals surface area contributed by atoms with Crippen molar-refractivity contribution < 1.29 is 18.9 Å². The van der Waals surface area contributed by atoms with Crippen molar-refractivity contribution in [3.63, 3.8) is 0 Å². The van der Waals surface area contributed by atoms with Crippen molar-refractivity contribution in [2.24, 2.45) is 0 Å². The first-order valence-corrected chi connectivity index (χ1v) is 12.0. The van der Waals surface area contributed by atoms with Gasteiger partial charge in [-0.1, -0.05) is 100 Å².